The van der Waals surface area contributed by atoms with Gasteiger partial charge in [0.05, 0.1) is 0 Å². The fourth-order valence-corrected chi connectivity index (χ4v) is 0.516. The van der Waals surface area contributed by atoms with E-state index < -0.39 is 0 Å². The lowest BCUT2D eigenvalue weighted by Gasteiger charge is -1.93. The molecule has 0 fully saturated rings. The number of amides is 1. The molecule has 0 aromatic heterocycles. The molecule has 2 heteroatoms. The highest BCUT2D eigenvalue weighted by Crippen LogP contribution is 1.97. The van der Waals surface area contributed by atoms with Crippen molar-refractivity contribution in [3.05, 3.63) is 24.3 Å². The number of primary amides is 1. The third-order valence-electron chi connectivity index (χ3n) is 1.02. The molecule has 0 bridgehead atoms. The van der Waals surface area contributed by atoms with Gasteiger partial charge in [-0.15, -0.1) is 0 Å². The third-order valence-corrected chi connectivity index (χ3v) is 1.02. The maximum atomic E-state index is 10.4. The lowest BCUT2D eigenvalue weighted by molar-refractivity contribution is -0.114. The Kier molecular flexibility index (Phi) is 3.44. The van der Waals surface area contributed by atoms with Crippen LogP contribution in [0.2, 0.25) is 0 Å². The highest BCUT2D eigenvalue weighted by atomic mass is 16.1. The van der Waals surface area contributed by atoms with E-state index in [1.807, 2.05) is 6.92 Å². The van der Waals surface area contributed by atoms with Crippen LogP contribution in [0.5, 0.6) is 0 Å². The van der Waals surface area contributed by atoms with E-state index in [4.69, 9.17) is 5.73 Å². The van der Waals surface area contributed by atoms with Crippen LogP contribution in [0.1, 0.15) is 13.3 Å². The lowest BCUT2D eigenvalue weighted by Crippen LogP contribution is -2.12. The second-order valence-electron chi connectivity index (χ2n) is 1.65. The van der Waals surface area contributed by atoms with Gasteiger partial charge in [-0.05, 0) is 6.42 Å². The maximum absolute atomic E-state index is 10.4. The molecule has 0 rings (SSSR count). The molecule has 0 aliphatic heterocycles. The van der Waals surface area contributed by atoms with Crippen molar-refractivity contribution in [2.45, 2.75) is 13.3 Å². The summed E-state index contributed by atoms with van der Waals surface area (Å²) in [7, 11) is 0. The van der Waals surface area contributed by atoms with Crippen LogP contribution in [0, 0.1) is 0 Å². The Morgan fingerprint density at radius 2 is 2.33 bits per heavy atom. The number of carbonyl (C=O) groups is 1. The Bertz CT molecular complexity index is 147. The molecule has 0 saturated heterocycles. The van der Waals surface area contributed by atoms with E-state index in [1.54, 1.807) is 12.2 Å². The van der Waals surface area contributed by atoms with Gasteiger partial charge in [0.15, 0.2) is 0 Å². The minimum atomic E-state index is -0.364. The van der Waals surface area contributed by atoms with E-state index in [9.17, 15) is 4.79 Å². The van der Waals surface area contributed by atoms with Crippen molar-refractivity contribution in [2.24, 2.45) is 5.73 Å². The molecule has 0 aromatic carbocycles. The molecule has 0 spiro atoms. The smallest absolute Gasteiger partial charge is 0.244 e. The van der Waals surface area contributed by atoms with Gasteiger partial charge < -0.3 is 5.73 Å². The number of rotatable bonds is 3. The molecule has 0 heterocycles. The first-order chi connectivity index (χ1) is 4.22. The van der Waals surface area contributed by atoms with Crippen molar-refractivity contribution in [1.29, 1.82) is 0 Å². The van der Waals surface area contributed by atoms with Crippen molar-refractivity contribution in [3.63, 3.8) is 0 Å². The van der Waals surface area contributed by atoms with Crippen LogP contribution in [0.25, 0.3) is 0 Å². The topological polar surface area (TPSA) is 43.1 Å². The van der Waals surface area contributed by atoms with Crippen LogP contribution in [0.3, 0.4) is 0 Å². The van der Waals surface area contributed by atoms with Gasteiger partial charge in [0.1, 0.15) is 0 Å². The summed E-state index contributed by atoms with van der Waals surface area (Å²) in [5.41, 5.74) is 5.59. The van der Waals surface area contributed by atoms with Gasteiger partial charge in [0.2, 0.25) is 5.91 Å². The molecule has 2 nitrogen and oxygen atoms in total. The fourth-order valence-electron chi connectivity index (χ4n) is 0.516. The molecule has 50 valence electrons. The first-order valence-corrected chi connectivity index (χ1v) is 2.83. The molecule has 0 aromatic rings. The van der Waals surface area contributed by atoms with E-state index >= 15 is 0 Å². The van der Waals surface area contributed by atoms with Gasteiger partial charge in [-0.1, -0.05) is 25.7 Å². The molecule has 0 aliphatic rings. The van der Waals surface area contributed by atoms with Crippen LogP contribution in [0.15, 0.2) is 24.3 Å². The van der Waals surface area contributed by atoms with Crippen LogP contribution >= 0.6 is 0 Å². The average Bonchev–Trinajstić information content (AvgIpc) is 1.82. The molecule has 9 heavy (non-hydrogen) atoms. The van der Waals surface area contributed by atoms with Gasteiger partial charge in [-0.2, -0.15) is 0 Å². The van der Waals surface area contributed by atoms with Crippen molar-refractivity contribution < 1.29 is 4.79 Å². The summed E-state index contributed by atoms with van der Waals surface area (Å²) in [5.74, 6) is -0.364. The average molecular weight is 125 g/mol. The van der Waals surface area contributed by atoms with Crippen molar-refractivity contribution >= 4 is 5.91 Å². The summed E-state index contributed by atoms with van der Waals surface area (Å²) < 4.78 is 0. The standard InChI is InChI=1S/C7H11NO/c1-3-5-6(4-2)7(8)9/h3,5H,1,4H2,2H3,(H2,8,9)/b6-5+. The third kappa shape index (κ3) is 2.69. The van der Waals surface area contributed by atoms with Gasteiger partial charge >= 0.3 is 0 Å². The zero-order valence-corrected chi connectivity index (χ0v) is 5.55. The number of carbonyl (C=O) groups excluding carboxylic acids is 1. The molecule has 2 N–H and O–H groups in total. The Labute approximate surface area is 55.1 Å². The van der Waals surface area contributed by atoms with Crippen molar-refractivity contribution in [3.8, 4) is 0 Å². The first kappa shape index (κ1) is 7.95. The second kappa shape index (κ2) is 3.89. The zero-order valence-electron chi connectivity index (χ0n) is 5.55. The van der Waals surface area contributed by atoms with E-state index in [0.29, 0.717) is 12.0 Å². The van der Waals surface area contributed by atoms with Gasteiger partial charge in [0.25, 0.3) is 0 Å². The van der Waals surface area contributed by atoms with E-state index in [1.165, 1.54) is 0 Å². The fraction of sp³-hybridized carbons (Fsp3) is 0.286. The summed E-state index contributed by atoms with van der Waals surface area (Å²) >= 11 is 0. The predicted octanol–water partition coefficient (Wildman–Crippen LogP) is 0.994. The summed E-state index contributed by atoms with van der Waals surface area (Å²) in [6, 6.07) is 0. The molecule has 0 radical (unpaired) electrons. The molecule has 1 amide bonds. The number of nitrogens with two attached hydrogens (primary N) is 1. The Balaban J connectivity index is 4.14. The minimum Gasteiger partial charge on any atom is -0.366 e. The van der Waals surface area contributed by atoms with Gasteiger partial charge in [0, 0.05) is 5.57 Å². The quantitative estimate of drug-likeness (QED) is 0.443. The highest BCUT2D eigenvalue weighted by Gasteiger charge is 1.97. The summed E-state index contributed by atoms with van der Waals surface area (Å²) in [6.07, 6.45) is 3.85. The molecular formula is C7H11NO. The first-order valence-electron chi connectivity index (χ1n) is 2.83. The molecular weight excluding hydrogens is 114 g/mol. The largest absolute Gasteiger partial charge is 0.366 e. The second-order valence-corrected chi connectivity index (χ2v) is 1.65. The number of hydrogen-bond donors (Lipinski definition) is 1. The Morgan fingerprint density at radius 3 is 2.44 bits per heavy atom. The van der Waals surface area contributed by atoms with Crippen LogP contribution in [-0.2, 0) is 4.79 Å². The zero-order chi connectivity index (χ0) is 7.28. The summed E-state index contributed by atoms with van der Waals surface area (Å²) in [6.45, 7) is 5.32. The van der Waals surface area contributed by atoms with Crippen LogP contribution in [-0.4, -0.2) is 5.91 Å². The van der Waals surface area contributed by atoms with E-state index in [2.05, 4.69) is 6.58 Å². The predicted molar refractivity (Wildman–Crippen MR) is 37.8 cm³/mol. The van der Waals surface area contributed by atoms with Crippen LogP contribution < -0.4 is 5.73 Å². The van der Waals surface area contributed by atoms with Crippen molar-refractivity contribution in [1.82, 2.24) is 0 Å². The molecule has 0 unspecified atom stereocenters. The van der Waals surface area contributed by atoms with Gasteiger partial charge in [-0.25, -0.2) is 0 Å². The number of allylic oxidation sites excluding steroid dienone is 2. The monoisotopic (exact) mass is 125 g/mol. The SMILES string of the molecule is C=C/C=C(\CC)C(N)=O. The minimum absolute atomic E-state index is 0.364. The maximum Gasteiger partial charge on any atom is 0.244 e. The molecule has 0 aliphatic carbocycles. The lowest BCUT2D eigenvalue weighted by atomic mass is 10.2. The van der Waals surface area contributed by atoms with Gasteiger partial charge in [-0.3, -0.25) is 4.79 Å². The van der Waals surface area contributed by atoms with E-state index in [-0.39, 0.29) is 5.91 Å². The van der Waals surface area contributed by atoms with Crippen molar-refractivity contribution in [2.75, 3.05) is 0 Å². The summed E-state index contributed by atoms with van der Waals surface area (Å²) in [5, 5.41) is 0. The normalized spacial score (nSPS) is 11.0. The summed E-state index contributed by atoms with van der Waals surface area (Å²) in [4.78, 5) is 10.4. The Hall–Kier alpha value is -1.05. The molecule has 0 saturated carbocycles. The number of hydrogen-bond acceptors (Lipinski definition) is 1. The highest BCUT2D eigenvalue weighted by molar-refractivity contribution is 5.92. The van der Waals surface area contributed by atoms with Crippen LogP contribution in [0.4, 0.5) is 0 Å². The van der Waals surface area contributed by atoms with E-state index in [0.717, 1.165) is 0 Å². The molecule has 0 atom stereocenters. The Morgan fingerprint density at radius 1 is 1.78 bits per heavy atom.